The third-order valence-corrected chi connectivity index (χ3v) is 9.44. The second-order valence-electron chi connectivity index (χ2n) is 14.7. The lowest BCUT2D eigenvalue weighted by molar-refractivity contribution is -0.150. The van der Waals surface area contributed by atoms with Gasteiger partial charge in [0.1, 0.15) is 12.1 Å². The average molecular weight is 779 g/mol. The van der Waals surface area contributed by atoms with E-state index in [-0.39, 0.29) is 18.0 Å². The fraction of sp³-hybridized carbons (Fsp3) is 0.653. The zero-order chi connectivity index (χ0) is 41.0. The van der Waals surface area contributed by atoms with Gasteiger partial charge in [-0.05, 0) is 122 Å². The number of nitrogens with one attached hydrogen (secondary N) is 1. The SMILES string of the molecule is CC/C=C\C/C=C\C/C=C\C/C=C\C/C=C\CCCC(=O)OC(CCC/C=C\C/C=C\CCCCCCC)CCCCCCCC(=O)NC(CCCN)C(=O)O. The lowest BCUT2D eigenvalue weighted by Gasteiger charge is -2.18. The van der Waals surface area contributed by atoms with Gasteiger partial charge in [-0.25, -0.2) is 4.79 Å². The average Bonchev–Trinajstić information content (AvgIpc) is 3.18. The van der Waals surface area contributed by atoms with Crippen molar-refractivity contribution in [1.29, 1.82) is 0 Å². The molecule has 2 atom stereocenters. The largest absolute Gasteiger partial charge is 0.480 e. The molecule has 318 valence electrons. The Hall–Kier alpha value is -3.45. The van der Waals surface area contributed by atoms with Gasteiger partial charge in [0.25, 0.3) is 0 Å². The standard InChI is InChI=1S/C49H82N2O5/c1-3-5-7-9-11-13-15-17-18-19-20-22-24-26-28-33-37-43-48(53)56-45(39-34-30-27-25-23-21-16-14-12-10-8-6-4-2)40-35-31-29-32-36-42-47(52)51-46(49(54)55)41-38-44-50/h5,7,11,13,16-18,20-22,25-28,45-46H,3-4,6,8-10,12,14-15,19,23-24,29-44,50H2,1-2H3,(H,51,52)(H,54,55)/b7-5-,13-11-,18-17-,21-16-,22-20-,27-25-,28-26-. The van der Waals surface area contributed by atoms with Gasteiger partial charge < -0.3 is 20.9 Å². The van der Waals surface area contributed by atoms with Crippen LogP contribution in [-0.4, -0.2) is 41.6 Å². The van der Waals surface area contributed by atoms with E-state index in [0.29, 0.717) is 32.2 Å². The van der Waals surface area contributed by atoms with E-state index in [0.717, 1.165) is 109 Å². The molecule has 4 N–H and O–H groups in total. The van der Waals surface area contributed by atoms with Crippen molar-refractivity contribution in [3.63, 3.8) is 0 Å². The molecule has 0 saturated carbocycles. The van der Waals surface area contributed by atoms with Crippen LogP contribution in [0.1, 0.15) is 187 Å². The van der Waals surface area contributed by atoms with Crippen LogP contribution >= 0.6 is 0 Å². The number of carbonyl (C=O) groups is 3. The number of ether oxygens (including phenoxy) is 1. The van der Waals surface area contributed by atoms with Crippen LogP contribution in [0.3, 0.4) is 0 Å². The molecule has 0 saturated heterocycles. The Morgan fingerprint density at radius 1 is 0.536 bits per heavy atom. The Bertz CT molecular complexity index is 1150. The van der Waals surface area contributed by atoms with Gasteiger partial charge in [0, 0.05) is 12.8 Å². The summed E-state index contributed by atoms with van der Waals surface area (Å²) in [6.07, 6.45) is 56.3. The quantitative estimate of drug-likeness (QED) is 0.0325. The Labute approximate surface area is 343 Å². The molecule has 0 aliphatic heterocycles. The number of hydrogen-bond donors (Lipinski definition) is 3. The molecule has 0 aromatic rings. The van der Waals surface area contributed by atoms with Crippen LogP contribution in [0.15, 0.2) is 85.1 Å². The van der Waals surface area contributed by atoms with Crippen molar-refractivity contribution in [1.82, 2.24) is 5.32 Å². The lowest BCUT2D eigenvalue weighted by Crippen LogP contribution is -2.40. The van der Waals surface area contributed by atoms with Gasteiger partial charge in [0.15, 0.2) is 0 Å². The van der Waals surface area contributed by atoms with Crippen molar-refractivity contribution in [2.75, 3.05) is 6.54 Å². The zero-order valence-corrected chi connectivity index (χ0v) is 35.7. The highest BCUT2D eigenvalue weighted by molar-refractivity contribution is 5.83. The fourth-order valence-electron chi connectivity index (χ4n) is 6.11. The van der Waals surface area contributed by atoms with Crippen LogP contribution in [0.2, 0.25) is 0 Å². The van der Waals surface area contributed by atoms with E-state index in [1.807, 2.05) is 0 Å². The van der Waals surface area contributed by atoms with Crippen LogP contribution in [-0.2, 0) is 19.1 Å². The first-order chi connectivity index (χ1) is 27.4. The van der Waals surface area contributed by atoms with E-state index in [1.54, 1.807) is 0 Å². The van der Waals surface area contributed by atoms with Gasteiger partial charge in [-0.3, -0.25) is 9.59 Å². The van der Waals surface area contributed by atoms with Gasteiger partial charge in [0.2, 0.25) is 5.91 Å². The minimum absolute atomic E-state index is 0.0653. The second kappa shape index (κ2) is 42.7. The Morgan fingerprint density at radius 2 is 1.02 bits per heavy atom. The van der Waals surface area contributed by atoms with Crippen LogP contribution in [0, 0.1) is 0 Å². The highest BCUT2D eigenvalue weighted by Gasteiger charge is 2.19. The number of unbranched alkanes of at least 4 members (excludes halogenated alkanes) is 11. The van der Waals surface area contributed by atoms with E-state index < -0.39 is 12.0 Å². The number of amides is 1. The number of rotatable bonds is 39. The number of hydrogen-bond acceptors (Lipinski definition) is 5. The Kier molecular flexibility index (Phi) is 40.1. The smallest absolute Gasteiger partial charge is 0.326 e. The molecule has 7 nitrogen and oxygen atoms in total. The summed E-state index contributed by atoms with van der Waals surface area (Å²) in [5.74, 6) is -1.33. The number of aliphatic carboxylic acids is 1. The van der Waals surface area contributed by atoms with E-state index in [1.165, 1.54) is 38.5 Å². The number of allylic oxidation sites excluding steroid dienone is 14. The van der Waals surface area contributed by atoms with Crippen molar-refractivity contribution >= 4 is 17.8 Å². The van der Waals surface area contributed by atoms with Crippen molar-refractivity contribution in [3.05, 3.63) is 85.1 Å². The highest BCUT2D eigenvalue weighted by atomic mass is 16.5. The number of esters is 1. The zero-order valence-electron chi connectivity index (χ0n) is 35.7. The molecule has 2 unspecified atom stereocenters. The van der Waals surface area contributed by atoms with E-state index in [9.17, 15) is 19.5 Å². The molecule has 0 fully saturated rings. The predicted molar refractivity (Wildman–Crippen MR) is 238 cm³/mol. The van der Waals surface area contributed by atoms with Crippen molar-refractivity contribution in [3.8, 4) is 0 Å². The van der Waals surface area contributed by atoms with Crippen molar-refractivity contribution in [2.45, 2.75) is 199 Å². The molecule has 0 aromatic heterocycles. The van der Waals surface area contributed by atoms with Gasteiger partial charge in [-0.1, -0.05) is 144 Å². The summed E-state index contributed by atoms with van der Waals surface area (Å²) < 4.78 is 6.00. The Morgan fingerprint density at radius 3 is 1.59 bits per heavy atom. The van der Waals surface area contributed by atoms with Crippen LogP contribution in [0.25, 0.3) is 0 Å². The van der Waals surface area contributed by atoms with Gasteiger partial charge >= 0.3 is 11.9 Å². The van der Waals surface area contributed by atoms with Gasteiger partial charge in [-0.2, -0.15) is 0 Å². The van der Waals surface area contributed by atoms with E-state index >= 15 is 0 Å². The fourth-order valence-corrected chi connectivity index (χ4v) is 6.11. The maximum atomic E-state index is 12.8. The van der Waals surface area contributed by atoms with Crippen LogP contribution in [0.5, 0.6) is 0 Å². The number of carboxylic acids is 1. The van der Waals surface area contributed by atoms with Crippen LogP contribution in [0.4, 0.5) is 0 Å². The number of carbonyl (C=O) groups excluding carboxylic acids is 2. The summed E-state index contributed by atoms with van der Waals surface area (Å²) >= 11 is 0. The minimum Gasteiger partial charge on any atom is -0.480 e. The predicted octanol–water partition coefficient (Wildman–Crippen LogP) is 12.9. The van der Waals surface area contributed by atoms with Crippen molar-refractivity contribution < 1.29 is 24.2 Å². The van der Waals surface area contributed by atoms with Gasteiger partial charge in [-0.15, -0.1) is 0 Å². The summed E-state index contributed by atoms with van der Waals surface area (Å²) in [6, 6.07) is -0.869. The molecule has 0 aliphatic carbocycles. The molecule has 0 radical (unpaired) electrons. The molecule has 0 heterocycles. The summed E-state index contributed by atoms with van der Waals surface area (Å²) in [5, 5.41) is 11.9. The molecule has 7 heteroatoms. The van der Waals surface area contributed by atoms with Gasteiger partial charge in [0.05, 0.1) is 0 Å². The molecule has 56 heavy (non-hydrogen) atoms. The van der Waals surface area contributed by atoms with E-state index in [4.69, 9.17) is 10.5 Å². The summed E-state index contributed by atoms with van der Waals surface area (Å²) in [5.41, 5.74) is 5.48. The molecule has 0 aromatic carbocycles. The maximum Gasteiger partial charge on any atom is 0.326 e. The summed E-state index contributed by atoms with van der Waals surface area (Å²) in [4.78, 5) is 36.4. The van der Waals surface area contributed by atoms with Crippen LogP contribution < -0.4 is 11.1 Å². The molecular weight excluding hydrogens is 697 g/mol. The maximum absolute atomic E-state index is 12.8. The third-order valence-electron chi connectivity index (χ3n) is 9.44. The molecule has 0 spiro atoms. The number of nitrogens with two attached hydrogens (primary N) is 1. The topological polar surface area (TPSA) is 119 Å². The minimum atomic E-state index is -1.01. The lowest BCUT2D eigenvalue weighted by atomic mass is 10.0. The second-order valence-corrected chi connectivity index (χ2v) is 14.7. The van der Waals surface area contributed by atoms with Crippen molar-refractivity contribution in [2.24, 2.45) is 5.73 Å². The Balaban J connectivity index is 4.52. The first-order valence-electron chi connectivity index (χ1n) is 22.4. The normalized spacial score (nSPS) is 13.5. The first-order valence-corrected chi connectivity index (χ1v) is 22.4. The molecular formula is C49H82N2O5. The van der Waals surface area contributed by atoms with E-state index in [2.05, 4.69) is 104 Å². The molecule has 0 aliphatic rings. The summed E-state index contributed by atoms with van der Waals surface area (Å²) in [6.45, 7) is 4.80. The molecule has 0 bridgehead atoms. The third kappa shape index (κ3) is 38.8. The number of carboxylic acid groups (broad SMARTS) is 1. The molecule has 0 rings (SSSR count). The monoisotopic (exact) mass is 779 g/mol. The summed E-state index contributed by atoms with van der Waals surface area (Å²) in [7, 11) is 0. The highest BCUT2D eigenvalue weighted by Crippen LogP contribution is 2.17. The molecule has 1 amide bonds. The first kappa shape index (κ1) is 52.6.